The van der Waals surface area contributed by atoms with Crippen molar-refractivity contribution < 1.29 is 14.3 Å². The molecule has 0 heterocycles. The van der Waals surface area contributed by atoms with Gasteiger partial charge in [0.05, 0.1) is 12.0 Å². The van der Waals surface area contributed by atoms with E-state index in [0.717, 1.165) is 29.5 Å². The Morgan fingerprint density at radius 2 is 1.87 bits per heavy atom. The number of hydrogen-bond acceptors (Lipinski definition) is 3. The Labute approximate surface area is 140 Å². The van der Waals surface area contributed by atoms with Crippen molar-refractivity contribution in [2.24, 2.45) is 0 Å². The number of ether oxygens (including phenoxy) is 1. The van der Waals surface area contributed by atoms with E-state index in [9.17, 15) is 9.59 Å². The maximum atomic E-state index is 12.2. The van der Waals surface area contributed by atoms with Crippen LogP contribution in [0.1, 0.15) is 39.9 Å². The van der Waals surface area contributed by atoms with Crippen LogP contribution in [0.15, 0.2) is 36.4 Å². The van der Waals surface area contributed by atoms with Crippen molar-refractivity contribution in [3.05, 3.63) is 63.7 Å². The molecule has 0 spiro atoms. The summed E-state index contributed by atoms with van der Waals surface area (Å²) in [6.45, 7) is 1.98. The van der Waals surface area contributed by atoms with Crippen LogP contribution in [0, 0.1) is 6.92 Å². The van der Waals surface area contributed by atoms with Crippen LogP contribution in [-0.2, 0) is 17.6 Å². The molecule has 3 rings (SSSR count). The first-order valence-corrected chi connectivity index (χ1v) is 8.03. The molecule has 3 nitrogen and oxygen atoms in total. The van der Waals surface area contributed by atoms with E-state index in [1.165, 1.54) is 0 Å². The maximum absolute atomic E-state index is 12.2. The molecule has 0 amide bonds. The zero-order valence-electron chi connectivity index (χ0n) is 12.9. The van der Waals surface area contributed by atoms with E-state index in [0.29, 0.717) is 22.8 Å². The Morgan fingerprint density at radius 1 is 1.13 bits per heavy atom. The Balaban J connectivity index is 1.81. The number of rotatable bonds is 3. The molecule has 118 valence electrons. The van der Waals surface area contributed by atoms with E-state index >= 15 is 0 Å². The van der Waals surface area contributed by atoms with Crippen LogP contribution >= 0.6 is 11.6 Å². The number of ketones is 1. The number of halogens is 1. The Bertz CT molecular complexity index is 763. The van der Waals surface area contributed by atoms with Gasteiger partial charge in [0.25, 0.3) is 0 Å². The lowest BCUT2D eigenvalue weighted by Gasteiger charge is -2.20. The van der Waals surface area contributed by atoms with Gasteiger partial charge in [-0.1, -0.05) is 29.8 Å². The van der Waals surface area contributed by atoms with E-state index in [-0.39, 0.29) is 18.2 Å². The molecule has 2 aromatic rings. The third-order valence-corrected chi connectivity index (χ3v) is 4.36. The molecule has 0 aliphatic heterocycles. The first-order valence-electron chi connectivity index (χ1n) is 7.65. The maximum Gasteiger partial charge on any atom is 0.315 e. The Morgan fingerprint density at radius 3 is 2.61 bits per heavy atom. The fourth-order valence-corrected chi connectivity index (χ4v) is 3.05. The van der Waals surface area contributed by atoms with Crippen LogP contribution in [0.25, 0.3) is 0 Å². The Hall–Kier alpha value is -2.13. The predicted octanol–water partition coefficient (Wildman–Crippen LogP) is 4.32. The summed E-state index contributed by atoms with van der Waals surface area (Å²) >= 11 is 5.83. The summed E-state index contributed by atoms with van der Waals surface area (Å²) < 4.78 is 5.48. The summed E-state index contributed by atoms with van der Waals surface area (Å²) in [5.74, 6) is 0.0651. The number of fused-ring (bicyclic) bond motifs is 1. The third-order valence-electron chi connectivity index (χ3n) is 4.10. The highest BCUT2D eigenvalue weighted by Gasteiger charge is 2.24. The molecule has 2 aromatic carbocycles. The molecule has 0 saturated carbocycles. The second kappa shape index (κ2) is 6.55. The second-order valence-corrected chi connectivity index (χ2v) is 6.22. The van der Waals surface area contributed by atoms with E-state index < -0.39 is 0 Å². The highest BCUT2D eigenvalue weighted by atomic mass is 35.5. The predicted molar refractivity (Wildman–Crippen MR) is 89.2 cm³/mol. The molecule has 0 aromatic heterocycles. The van der Waals surface area contributed by atoms with Gasteiger partial charge in [-0.2, -0.15) is 0 Å². The van der Waals surface area contributed by atoms with Crippen molar-refractivity contribution in [2.45, 2.75) is 32.6 Å². The van der Waals surface area contributed by atoms with Crippen LogP contribution in [0.3, 0.4) is 0 Å². The Kier molecular flexibility index (Phi) is 4.49. The van der Waals surface area contributed by atoms with Gasteiger partial charge in [-0.25, -0.2) is 0 Å². The lowest BCUT2D eigenvalue weighted by atomic mass is 9.87. The average molecular weight is 329 g/mol. The van der Waals surface area contributed by atoms with E-state index in [2.05, 4.69) is 0 Å². The summed E-state index contributed by atoms with van der Waals surface area (Å²) in [6.07, 6.45) is 2.37. The fraction of sp³-hybridized carbons (Fsp3) is 0.263. The van der Waals surface area contributed by atoms with Gasteiger partial charge >= 0.3 is 5.97 Å². The van der Waals surface area contributed by atoms with Crippen molar-refractivity contribution in [1.82, 2.24) is 0 Å². The zero-order chi connectivity index (χ0) is 16.4. The van der Waals surface area contributed by atoms with Gasteiger partial charge in [-0.15, -0.1) is 0 Å². The number of aryl methyl sites for hydroxylation is 1. The van der Waals surface area contributed by atoms with Crippen molar-refractivity contribution in [3.63, 3.8) is 0 Å². The molecule has 0 radical (unpaired) electrons. The van der Waals surface area contributed by atoms with Crippen LogP contribution in [-0.4, -0.2) is 11.8 Å². The van der Waals surface area contributed by atoms with Gasteiger partial charge in [0, 0.05) is 11.4 Å². The highest BCUT2D eigenvalue weighted by Crippen LogP contribution is 2.32. The number of carbonyl (C=O) groups is 2. The molecule has 0 N–H and O–H groups in total. The van der Waals surface area contributed by atoms with Crippen molar-refractivity contribution in [3.8, 4) is 5.75 Å². The summed E-state index contributed by atoms with van der Waals surface area (Å²) in [4.78, 5) is 24.4. The number of Topliss-reactive ketones (excluding diaryl/α,β-unsaturated/α-hetero) is 1. The average Bonchev–Trinajstić information content (AvgIpc) is 2.53. The standard InChI is InChI=1S/C19H17ClO3/c1-12-5-10-17(19-15(12)3-2-4-16(19)21)23-18(22)11-13-6-8-14(20)9-7-13/h5-10H,2-4,11H2,1H3. The largest absolute Gasteiger partial charge is 0.425 e. The highest BCUT2D eigenvalue weighted by molar-refractivity contribution is 6.30. The van der Waals surface area contributed by atoms with Gasteiger partial charge in [0.1, 0.15) is 5.75 Å². The van der Waals surface area contributed by atoms with Crippen LogP contribution in [0.2, 0.25) is 5.02 Å². The first kappa shape index (κ1) is 15.8. The molecule has 1 aliphatic carbocycles. The zero-order valence-corrected chi connectivity index (χ0v) is 13.7. The second-order valence-electron chi connectivity index (χ2n) is 5.79. The summed E-state index contributed by atoms with van der Waals surface area (Å²) in [5.41, 5.74) is 3.50. The smallest absolute Gasteiger partial charge is 0.315 e. The van der Waals surface area contributed by atoms with Crippen molar-refractivity contribution >= 4 is 23.4 Å². The minimum Gasteiger partial charge on any atom is -0.425 e. The minimum absolute atomic E-state index is 0.0595. The van der Waals surface area contributed by atoms with Crippen LogP contribution in [0.5, 0.6) is 5.75 Å². The molecule has 4 heteroatoms. The van der Waals surface area contributed by atoms with Gasteiger partial charge in [-0.3, -0.25) is 9.59 Å². The number of carbonyl (C=O) groups excluding carboxylic acids is 2. The van der Waals surface area contributed by atoms with E-state index in [1.54, 1.807) is 30.3 Å². The van der Waals surface area contributed by atoms with Gasteiger partial charge in [-0.05, 0) is 54.7 Å². The minimum atomic E-state index is -0.378. The van der Waals surface area contributed by atoms with E-state index in [4.69, 9.17) is 16.3 Å². The molecular formula is C19H17ClO3. The SMILES string of the molecule is Cc1ccc(OC(=O)Cc2ccc(Cl)cc2)c2c1CCCC2=O. The summed E-state index contributed by atoms with van der Waals surface area (Å²) in [7, 11) is 0. The number of esters is 1. The normalized spacial score (nSPS) is 13.6. The molecule has 1 aliphatic rings. The van der Waals surface area contributed by atoms with Gasteiger partial charge in [0.15, 0.2) is 5.78 Å². The van der Waals surface area contributed by atoms with Crippen LogP contribution < -0.4 is 4.74 Å². The van der Waals surface area contributed by atoms with Crippen molar-refractivity contribution in [2.75, 3.05) is 0 Å². The van der Waals surface area contributed by atoms with Gasteiger partial charge in [0.2, 0.25) is 0 Å². The first-order chi connectivity index (χ1) is 11.0. The molecule has 0 bridgehead atoms. The molecule has 0 atom stereocenters. The third kappa shape index (κ3) is 3.45. The number of benzene rings is 2. The lowest BCUT2D eigenvalue weighted by molar-refractivity contribution is -0.133. The topological polar surface area (TPSA) is 43.4 Å². The quantitative estimate of drug-likeness (QED) is 0.622. The molecule has 0 saturated heterocycles. The summed E-state index contributed by atoms with van der Waals surface area (Å²) in [5, 5.41) is 0.625. The molecule has 0 unspecified atom stereocenters. The molecule has 23 heavy (non-hydrogen) atoms. The van der Waals surface area contributed by atoms with Crippen molar-refractivity contribution in [1.29, 1.82) is 0 Å². The van der Waals surface area contributed by atoms with Gasteiger partial charge < -0.3 is 4.74 Å². The molecule has 0 fully saturated rings. The summed E-state index contributed by atoms with van der Waals surface area (Å²) in [6, 6.07) is 10.7. The van der Waals surface area contributed by atoms with Crippen LogP contribution in [0.4, 0.5) is 0 Å². The number of hydrogen-bond donors (Lipinski definition) is 0. The lowest BCUT2D eigenvalue weighted by Crippen LogP contribution is -2.18. The molecular weight excluding hydrogens is 312 g/mol. The fourth-order valence-electron chi connectivity index (χ4n) is 2.92. The van der Waals surface area contributed by atoms with E-state index in [1.807, 2.05) is 13.0 Å². The monoisotopic (exact) mass is 328 g/mol.